The smallest absolute Gasteiger partial charge is 0.337 e. The van der Waals surface area contributed by atoms with Crippen molar-refractivity contribution < 1.29 is 23.1 Å². The summed E-state index contributed by atoms with van der Waals surface area (Å²) in [5, 5.41) is 18.0. The van der Waals surface area contributed by atoms with Crippen LogP contribution in [0.1, 0.15) is 27.0 Å². The molecule has 0 aromatic heterocycles. The van der Waals surface area contributed by atoms with Gasteiger partial charge >= 0.3 is 5.97 Å². The maximum absolute atomic E-state index is 12.3. The summed E-state index contributed by atoms with van der Waals surface area (Å²) in [4.78, 5) is 11.2. The Morgan fingerprint density at radius 1 is 1.03 bits per heavy atom. The number of carbonyl (C=O) groups is 1. The summed E-state index contributed by atoms with van der Waals surface area (Å²) in [6.45, 7) is 4.17. The van der Waals surface area contributed by atoms with Crippen molar-refractivity contribution in [3.05, 3.63) is 82.9 Å². The number of nitrogens with two attached hydrogens (primary N) is 1. The van der Waals surface area contributed by atoms with Gasteiger partial charge in [-0.25, -0.2) is 18.4 Å². The van der Waals surface area contributed by atoms with E-state index in [9.17, 15) is 18.3 Å². The van der Waals surface area contributed by atoms with E-state index in [0.717, 1.165) is 16.7 Å². The van der Waals surface area contributed by atoms with Crippen LogP contribution in [-0.4, -0.2) is 26.0 Å². The van der Waals surface area contributed by atoms with Crippen molar-refractivity contribution in [3.63, 3.8) is 0 Å². The summed E-state index contributed by atoms with van der Waals surface area (Å²) in [5.41, 5.74) is 2.56. The third-order valence-electron chi connectivity index (χ3n) is 4.74. The van der Waals surface area contributed by atoms with E-state index in [-0.39, 0.29) is 11.4 Å². The number of hydrogen-bond donors (Lipinski definition) is 3. The largest absolute Gasteiger partial charge is 0.478 e. The Morgan fingerprint density at radius 2 is 1.71 bits per heavy atom. The molecule has 162 valence electrons. The zero-order valence-corrected chi connectivity index (χ0v) is 18.1. The third kappa shape index (κ3) is 5.42. The zero-order valence-electron chi connectivity index (χ0n) is 17.3. The number of primary sulfonamides is 1. The van der Waals surface area contributed by atoms with Crippen molar-refractivity contribution in [1.29, 1.82) is 0 Å². The van der Waals surface area contributed by atoms with E-state index >= 15 is 0 Å². The molecule has 3 aromatic rings. The van der Waals surface area contributed by atoms with E-state index in [2.05, 4.69) is 5.32 Å². The van der Waals surface area contributed by atoms with E-state index in [1.165, 1.54) is 12.1 Å². The van der Waals surface area contributed by atoms with Gasteiger partial charge in [-0.05, 0) is 49.6 Å². The number of sulfonamides is 1. The number of carboxylic acids is 1. The van der Waals surface area contributed by atoms with Gasteiger partial charge in [0.25, 0.3) is 0 Å². The first-order chi connectivity index (χ1) is 14.7. The molecule has 0 aliphatic rings. The molecule has 0 radical (unpaired) electrons. The standard InChI is InChI=1S/C23H24N2O5S/c1-15-8-10-19(16(2)14-15)30-20-11-9-18(23(26)27)22(31(24,28)29)21(20)25-13-12-17-6-4-3-5-7-17/h3-11,14,25H,12-13H2,1-2H3,(H,26,27)(H2,24,28,29). The van der Waals surface area contributed by atoms with Gasteiger partial charge in [0.1, 0.15) is 10.6 Å². The van der Waals surface area contributed by atoms with Crippen LogP contribution in [0.4, 0.5) is 5.69 Å². The highest BCUT2D eigenvalue weighted by atomic mass is 32.2. The maximum Gasteiger partial charge on any atom is 0.337 e. The molecule has 0 atom stereocenters. The first kappa shape index (κ1) is 22.3. The molecule has 0 aliphatic heterocycles. The highest BCUT2D eigenvalue weighted by Crippen LogP contribution is 2.38. The monoisotopic (exact) mass is 440 g/mol. The van der Waals surface area contributed by atoms with E-state index < -0.39 is 26.5 Å². The Hall–Kier alpha value is -3.36. The molecule has 0 amide bonds. The minimum atomic E-state index is -4.36. The fourth-order valence-electron chi connectivity index (χ4n) is 3.29. The molecular weight excluding hydrogens is 416 g/mol. The van der Waals surface area contributed by atoms with Gasteiger partial charge in [-0.2, -0.15) is 0 Å². The van der Waals surface area contributed by atoms with Gasteiger partial charge < -0.3 is 15.2 Å². The Balaban J connectivity index is 2.05. The summed E-state index contributed by atoms with van der Waals surface area (Å²) in [6, 6.07) is 17.8. The molecule has 4 N–H and O–H groups in total. The number of hydrogen-bond acceptors (Lipinski definition) is 5. The second-order valence-electron chi connectivity index (χ2n) is 7.20. The van der Waals surface area contributed by atoms with Crippen LogP contribution < -0.4 is 15.2 Å². The highest BCUT2D eigenvalue weighted by molar-refractivity contribution is 7.89. The molecule has 3 rings (SSSR count). The van der Waals surface area contributed by atoms with E-state index in [1.54, 1.807) is 6.07 Å². The van der Waals surface area contributed by atoms with Crippen LogP contribution in [0.5, 0.6) is 11.5 Å². The Labute approximate surface area is 181 Å². The van der Waals surface area contributed by atoms with Gasteiger partial charge in [-0.3, -0.25) is 0 Å². The van der Waals surface area contributed by atoms with E-state index in [0.29, 0.717) is 18.7 Å². The number of rotatable bonds is 8. The molecule has 0 unspecified atom stereocenters. The topological polar surface area (TPSA) is 119 Å². The van der Waals surface area contributed by atoms with Crippen molar-refractivity contribution in [2.24, 2.45) is 5.14 Å². The lowest BCUT2D eigenvalue weighted by molar-refractivity contribution is 0.0692. The molecule has 0 spiro atoms. The number of aryl methyl sites for hydroxylation is 2. The molecule has 0 saturated carbocycles. The Morgan fingerprint density at radius 3 is 2.32 bits per heavy atom. The normalized spacial score (nSPS) is 11.2. The Kier molecular flexibility index (Phi) is 6.62. The van der Waals surface area contributed by atoms with Gasteiger partial charge in [-0.1, -0.05) is 48.0 Å². The predicted molar refractivity (Wildman–Crippen MR) is 119 cm³/mol. The second kappa shape index (κ2) is 9.20. The van der Waals surface area contributed by atoms with Gasteiger partial charge in [0.15, 0.2) is 5.75 Å². The summed E-state index contributed by atoms with van der Waals surface area (Å²) in [7, 11) is -4.36. The minimum Gasteiger partial charge on any atom is -0.478 e. The molecule has 3 aromatic carbocycles. The molecular formula is C23H24N2O5S. The highest BCUT2D eigenvalue weighted by Gasteiger charge is 2.27. The van der Waals surface area contributed by atoms with Gasteiger partial charge in [-0.15, -0.1) is 0 Å². The fourth-order valence-corrected chi connectivity index (χ4v) is 4.21. The van der Waals surface area contributed by atoms with Crippen molar-refractivity contribution in [2.45, 2.75) is 25.2 Å². The fraction of sp³-hybridized carbons (Fsp3) is 0.174. The van der Waals surface area contributed by atoms with Gasteiger partial charge in [0.05, 0.1) is 11.3 Å². The van der Waals surface area contributed by atoms with Crippen LogP contribution >= 0.6 is 0 Å². The van der Waals surface area contributed by atoms with Crippen LogP contribution in [0.15, 0.2) is 65.6 Å². The van der Waals surface area contributed by atoms with Crippen LogP contribution in [-0.2, 0) is 16.4 Å². The number of ether oxygens (including phenoxy) is 1. The molecule has 8 heteroatoms. The SMILES string of the molecule is Cc1ccc(Oc2ccc(C(=O)O)c(S(N)(=O)=O)c2NCCc2ccccc2)c(C)c1. The summed E-state index contributed by atoms with van der Waals surface area (Å²) < 4.78 is 30.7. The molecule has 0 saturated heterocycles. The lowest BCUT2D eigenvalue weighted by atomic mass is 10.1. The summed E-state index contributed by atoms with van der Waals surface area (Å²) in [5.74, 6) is -0.692. The van der Waals surface area contributed by atoms with Crippen LogP contribution in [0.2, 0.25) is 0 Å². The summed E-state index contributed by atoms with van der Waals surface area (Å²) >= 11 is 0. The lowest BCUT2D eigenvalue weighted by Crippen LogP contribution is -2.20. The average Bonchev–Trinajstić information content (AvgIpc) is 2.70. The molecule has 31 heavy (non-hydrogen) atoms. The summed E-state index contributed by atoms with van der Waals surface area (Å²) in [6.07, 6.45) is 0.588. The first-order valence-electron chi connectivity index (χ1n) is 9.63. The van der Waals surface area contributed by atoms with Crippen molar-refractivity contribution in [3.8, 4) is 11.5 Å². The number of nitrogens with one attached hydrogen (secondary N) is 1. The lowest BCUT2D eigenvalue weighted by Gasteiger charge is -2.19. The van der Waals surface area contributed by atoms with Crippen LogP contribution in [0.3, 0.4) is 0 Å². The van der Waals surface area contributed by atoms with Gasteiger partial charge in [0, 0.05) is 6.54 Å². The minimum absolute atomic E-state index is 0.0262. The maximum atomic E-state index is 12.3. The second-order valence-corrected chi connectivity index (χ2v) is 8.70. The number of benzene rings is 3. The Bertz CT molecular complexity index is 1210. The van der Waals surface area contributed by atoms with Crippen LogP contribution in [0.25, 0.3) is 0 Å². The quantitative estimate of drug-likeness (QED) is 0.485. The van der Waals surface area contributed by atoms with E-state index in [4.69, 9.17) is 9.88 Å². The van der Waals surface area contributed by atoms with Gasteiger partial charge in [0.2, 0.25) is 10.0 Å². The molecule has 0 fully saturated rings. The predicted octanol–water partition coefficient (Wildman–Crippen LogP) is 4.10. The molecule has 0 heterocycles. The number of carboxylic acid groups (broad SMARTS) is 1. The third-order valence-corrected chi connectivity index (χ3v) is 5.74. The molecule has 0 aliphatic carbocycles. The zero-order chi connectivity index (χ0) is 22.6. The van der Waals surface area contributed by atoms with Crippen molar-refractivity contribution in [1.82, 2.24) is 0 Å². The first-order valence-corrected chi connectivity index (χ1v) is 11.2. The van der Waals surface area contributed by atoms with Crippen LogP contribution in [0, 0.1) is 13.8 Å². The van der Waals surface area contributed by atoms with Crippen molar-refractivity contribution in [2.75, 3.05) is 11.9 Å². The van der Waals surface area contributed by atoms with Crippen molar-refractivity contribution >= 4 is 21.7 Å². The number of aromatic carboxylic acids is 1. The average molecular weight is 441 g/mol. The molecule has 7 nitrogen and oxygen atoms in total. The van der Waals surface area contributed by atoms with E-state index in [1.807, 2.05) is 56.3 Å². The number of anilines is 1. The molecule has 0 bridgehead atoms.